The number of hydrogen-bond acceptors (Lipinski definition) is 4. The fourth-order valence-electron chi connectivity index (χ4n) is 1.89. The zero-order valence-electron chi connectivity index (χ0n) is 11.0. The molecule has 0 atom stereocenters. The predicted octanol–water partition coefficient (Wildman–Crippen LogP) is 2.20. The maximum absolute atomic E-state index is 12.0. The van der Waals surface area contributed by atoms with E-state index in [2.05, 4.69) is 11.9 Å². The molecule has 0 spiro atoms. The van der Waals surface area contributed by atoms with Gasteiger partial charge in [0.05, 0.1) is 13.2 Å². The summed E-state index contributed by atoms with van der Waals surface area (Å²) in [6.45, 7) is 6.27. The van der Waals surface area contributed by atoms with E-state index in [1.807, 2.05) is 6.07 Å². The molecule has 1 N–H and O–H groups in total. The molecule has 1 aliphatic rings. The van der Waals surface area contributed by atoms with Crippen molar-refractivity contribution in [3.05, 3.63) is 36.4 Å². The molecule has 0 unspecified atom stereocenters. The van der Waals surface area contributed by atoms with E-state index in [4.69, 9.17) is 9.47 Å². The van der Waals surface area contributed by atoms with Crippen molar-refractivity contribution in [2.24, 2.45) is 0 Å². The van der Waals surface area contributed by atoms with Gasteiger partial charge in [-0.05, 0) is 18.2 Å². The van der Waals surface area contributed by atoms with Gasteiger partial charge < -0.3 is 14.8 Å². The topological polar surface area (TPSA) is 47.6 Å². The largest absolute Gasteiger partial charge is 0.490 e. The first-order chi connectivity index (χ1) is 9.31. The Morgan fingerprint density at radius 3 is 2.89 bits per heavy atom. The summed E-state index contributed by atoms with van der Waals surface area (Å²) in [6, 6.07) is 5.38. The maximum Gasteiger partial charge on any atom is 0.164 e. The van der Waals surface area contributed by atoms with Crippen LogP contribution >= 0.6 is 0 Å². The van der Waals surface area contributed by atoms with Gasteiger partial charge in [0.2, 0.25) is 0 Å². The lowest BCUT2D eigenvalue weighted by atomic mass is 10.1. The quantitative estimate of drug-likeness (QED) is 0.484. The molecule has 1 aromatic rings. The zero-order chi connectivity index (χ0) is 13.5. The van der Waals surface area contributed by atoms with Crippen molar-refractivity contribution in [3.8, 4) is 11.5 Å². The van der Waals surface area contributed by atoms with Gasteiger partial charge in [0.15, 0.2) is 17.3 Å². The molecule has 2 rings (SSSR count). The second-order valence-electron chi connectivity index (χ2n) is 4.38. The Bertz CT molecular complexity index is 457. The molecule has 0 bridgehead atoms. The van der Waals surface area contributed by atoms with Crippen molar-refractivity contribution < 1.29 is 14.3 Å². The summed E-state index contributed by atoms with van der Waals surface area (Å²) in [7, 11) is 0. The van der Waals surface area contributed by atoms with Gasteiger partial charge in [-0.2, -0.15) is 0 Å². The first-order valence-electron chi connectivity index (χ1n) is 6.55. The molecule has 0 amide bonds. The lowest BCUT2D eigenvalue weighted by molar-refractivity contribution is 0.0982. The van der Waals surface area contributed by atoms with E-state index >= 15 is 0 Å². The lowest BCUT2D eigenvalue weighted by Gasteiger charge is -2.09. The third-order valence-electron chi connectivity index (χ3n) is 2.89. The minimum absolute atomic E-state index is 0.104. The van der Waals surface area contributed by atoms with E-state index < -0.39 is 0 Å². The van der Waals surface area contributed by atoms with Crippen molar-refractivity contribution in [1.82, 2.24) is 5.32 Å². The molecule has 0 saturated heterocycles. The van der Waals surface area contributed by atoms with E-state index in [-0.39, 0.29) is 5.78 Å². The fraction of sp³-hybridized carbons (Fsp3) is 0.400. The van der Waals surface area contributed by atoms with Crippen LogP contribution < -0.4 is 14.8 Å². The molecule has 0 aromatic heterocycles. The van der Waals surface area contributed by atoms with Crippen LogP contribution in [0, 0.1) is 0 Å². The summed E-state index contributed by atoms with van der Waals surface area (Å²) in [5, 5.41) is 3.11. The predicted molar refractivity (Wildman–Crippen MR) is 74.1 cm³/mol. The molecule has 1 aliphatic heterocycles. The van der Waals surface area contributed by atoms with Crippen molar-refractivity contribution >= 4 is 5.78 Å². The summed E-state index contributed by atoms with van der Waals surface area (Å²) < 4.78 is 11.1. The van der Waals surface area contributed by atoms with Crippen LogP contribution in [0.4, 0.5) is 0 Å². The van der Waals surface area contributed by atoms with Gasteiger partial charge >= 0.3 is 0 Å². The Kier molecular flexibility index (Phi) is 4.98. The van der Waals surface area contributed by atoms with Gasteiger partial charge in [-0.3, -0.25) is 4.79 Å². The van der Waals surface area contributed by atoms with Gasteiger partial charge in [-0.1, -0.05) is 6.08 Å². The van der Waals surface area contributed by atoms with Crippen LogP contribution in [0.15, 0.2) is 30.9 Å². The third kappa shape index (κ3) is 3.83. The molecule has 4 heteroatoms. The van der Waals surface area contributed by atoms with Crippen molar-refractivity contribution in [3.63, 3.8) is 0 Å². The van der Waals surface area contributed by atoms with Crippen LogP contribution in [0.2, 0.25) is 0 Å². The second-order valence-corrected chi connectivity index (χ2v) is 4.38. The average Bonchev–Trinajstić information content (AvgIpc) is 2.67. The Morgan fingerprint density at radius 1 is 1.32 bits per heavy atom. The molecule has 1 aromatic carbocycles. The normalized spacial score (nSPS) is 13.7. The maximum atomic E-state index is 12.0. The van der Waals surface area contributed by atoms with Gasteiger partial charge in [-0.25, -0.2) is 0 Å². The minimum atomic E-state index is 0.104. The van der Waals surface area contributed by atoms with Crippen molar-refractivity contribution in [1.29, 1.82) is 0 Å². The molecule has 1 heterocycles. The Balaban J connectivity index is 1.98. The molecular formula is C15H19NO3. The van der Waals surface area contributed by atoms with Crippen LogP contribution in [0.3, 0.4) is 0 Å². The number of benzene rings is 1. The number of ketones is 1. The van der Waals surface area contributed by atoms with Gasteiger partial charge in [-0.15, -0.1) is 6.58 Å². The zero-order valence-corrected chi connectivity index (χ0v) is 11.0. The van der Waals surface area contributed by atoms with Gasteiger partial charge in [0.25, 0.3) is 0 Å². The monoisotopic (exact) mass is 261 g/mol. The summed E-state index contributed by atoms with van der Waals surface area (Å²) >= 11 is 0. The minimum Gasteiger partial charge on any atom is -0.490 e. The highest BCUT2D eigenvalue weighted by Gasteiger charge is 2.13. The number of carbonyl (C=O) groups is 1. The highest BCUT2D eigenvalue weighted by Crippen LogP contribution is 2.30. The molecular weight excluding hydrogens is 242 g/mol. The first kappa shape index (κ1) is 13.6. The number of ether oxygens (including phenoxy) is 2. The van der Waals surface area contributed by atoms with Crippen molar-refractivity contribution in [2.45, 2.75) is 12.8 Å². The Hall–Kier alpha value is -1.81. The summed E-state index contributed by atoms with van der Waals surface area (Å²) in [5.74, 6) is 1.49. The Labute approximate surface area is 113 Å². The SMILES string of the molecule is C=CCNCCC(=O)c1ccc2c(c1)OCCCO2. The molecule has 0 radical (unpaired) electrons. The van der Waals surface area contributed by atoms with Gasteiger partial charge in [0.1, 0.15) is 0 Å². The fourth-order valence-corrected chi connectivity index (χ4v) is 1.89. The standard InChI is InChI=1S/C15H19NO3/c1-2-7-16-8-6-13(17)12-4-5-14-15(11-12)19-10-3-9-18-14/h2,4-5,11,16H,1,3,6-10H2. The third-order valence-corrected chi connectivity index (χ3v) is 2.89. The van der Waals surface area contributed by atoms with Gasteiger partial charge in [0, 0.05) is 31.5 Å². The molecule has 0 fully saturated rings. The summed E-state index contributed by atoms with van der Waals surface area (Å²) in [5.41, 5.74) is 0.671. The highest BCUT2D eigenvalue weighted by molar-refractivity contribution is 5.96. The van der Waals surface area contributed by atoms with Crippen molar-refractivity contribution in [2.75, 3.05) is 26.3 Å². The van der Waals surface area contributed by atoms with E-state index in [9.17, 15) is 4.79 Å². The molecule has 0 saturated carbocycles. The molecule has 4 nitrogen and oxygen atoms in total. The molecule has 102 valence electrons. The number of fused-ring (bicyclic) bond motifs is 1. The molecule has 0 aliphatic carbocycles. The second kappa shape index (κ2) is 6.95. The number of nitrogens with one attached hydrogen (secondary N) is 1. The van der Waals surface area contributed by atoms with E-state index in [0.29, 0.717) is 44.0 Å². The molecule has 19 heavy (non-hydrogen) atoms. The van der Waals surface area contributed by atoms with Crippen LogP contribution in [-0.4, -0.2) is 32.1 Å². The first-order valence-corrected chi connectivity index (χ1v) is 6.55. The van der Waals surface area contributed by atoms with E-state index in [1.54, 1.807) is 18.2 Å². The van der Waals surface area contributed by atoms with Crippen LogP contribution in [-0.2, 0) is 0 Å². The Morgan fingerprint density at radius 2 is 2.11 bits per heavy atom. The smallest absolute Gasteiger partial charge is 0.164 e. The van der Waals surface area contributed by atoms with E-state index in [1.165, 1.54) is 0 Å². The van der Waals surface area contributed by atoms with Crippen LogP contribution in [0.1, 0.15) is 23.2 Å². The lowest BCUT2D eigenvalue weighted by Crippen LogP contribution is -2.18. The average molecular weight is 261 g/mol. The van der Waals surface area contributed by atoms with E-state index in [0.717, 1.165) is 12.2 Å². The summed E-state index contributed by atoms with van der Waals surface area (Å²) in [6.07, 6.45) is 3.11. The number of carbonyl (C=O) groups excluding carboxylic acids is 1. The number of rotatable bonds is 6. The van der Waals surface area contributed by atoms with Crippen LogP contribution in [0.25, 0.3) is 0 Å². The van der Waals surface area contributed by atoms with Crippen LogP contribution in [0.5, 0.6) is 11.5 Å². The number of hydrogen-bond donors (Lipinski definition) is 1. The number of Topliss-reactive ketones (excluding diaryl/α,β-unsaturated/α-hetero) is 1. The summed E-state index contributed by atoms with van der Waals surface area (Å²) in [4.78, 5) is 12.0. The highest BCUT2D eigenvalue weighted by atomic mass is 16.5.